The Morgan fingerprint density at radius 2 is 1.92 bits per heavy atom. The van der Waals surface area contributed by atoms with Crippen molar-refractivity contribution in [1.29, 1.82) is 0 Å². The number of rotatable bonds is 3. The molecule has 0 saturated carbocycles. The van der Waals surface area contributed by atoms with Crippen LogP contribution in [0.25, 0.3) is 0 Å². The molecule has 0 unspecified atom stereocenters. The maximum atomic E-state index is 9.58. The predicted octanol–water partition coefficient (Wildman–Crippen LogP) is 1.57. The monoisotopic (exact) mass is 198 g/mol. The zero-order valence-corrected chi connectivity index (χ0v) is 8.93. The average molecular weight is 198 g/mol. The van der Waals surface area contributed by atoms with E-state index in [9.17, 15) is 5.11 Å². The fourth-order valence-electron chi connectivity index (χ4n) is 0.912. The van der Waals surface area contributed by atoms with Gasteiger partial charge in [0.2, 0.25) is 0 Å². The molecule has 0 amide bonds. The van der Waals surface area contributed by atoms with Crippen LogP contribution in [0.3, 0.4) is 0 Å². The van der Waals surface area contributed by atoms with E-state index in [4.69, 9.17) is 0 Å². The molecule has 0 aliphatic heterocycles. The number of hydrogen-bond acceptors (Lipinski definition) is 4. The van der Waals surface area contributed by atoms with Crippen molar-refractivity contribution in [3.63, 3.8) is 0 Å². The lowest BCUT2D eigenvalue weighted by atomic mass is 10.1. The molecule has 0 saturated heterocycles. The van der Waals surface area contributed by atoms with E-state index in [1.165, 1.54) is 0 Å². The third kappa shape index (κ3) is 2.97. The SMILES string of the molecule is CSCc1cnc(C(C)(C)O)nc1. The van der Waals surface area contributed by atoms with Crippen molar-refractivity contribution in [2.24, 2.45) is 0 Å². The molecule has 1 heterocycles. The van der Waals surface area contributed by atoms with Crippen LogP contribution < -0.4 is 0 Å². The molecule has 0 fully saturated rings. The molecule has 0 atom stereocenters. The van der Waals surface area contributed by atoms with Gasteiger partial charge in [0.15, 0.2) is 5.82 Å². The molecule has 1 N–H and O–H groups in total. The molecule has 1 aromatic heterocycles. The standard InChI is InChI=1S/C9H14N2OS/c1-9(2,12)8-10-4-7(5-11-8)6-13-3/h4-5,12H,6H2,1-3H3. The summed E-state index contributed by atoms with van der Waals surface area (Å²) in [6, 6.07) is 0. The smallest absolute Gasteiger partial charge is 0.159 e. The molecule has 0 aliphatic carbocycles. The molecule has 0 aliphatic rings. The van der Waals surface area contributed by atoms with E-state index in [-0.39, 0.29) is 0 Å². The molecule has 0 radical (unpaired) electrons. The van der Waals surface area contributed by atoms with Crippen LogP contribution in [-0.4, -0.2) is 21.3 Å². The van der Waals surface area contributed by atoms with Gasteiger partial charge in [0, 0.05) is 18.1 Å². The van der Waals surface area contributed by atoms with E-state index in [1.807, 2.05) is 6.26 Å². The largest absolute Gasteiger partial charge is 0.382 e. The van der Waals surface area contributed by atoms with E-state index in [1.54, 1.807) is 38.0 Å². The lowest BCUT2D eigenvalue weighted by molar-refractivity contribution is 0.0686. The van der Waals surface area contributed by atoms with Crippen LogP contribution >= 0.6 is 11.8 Å². The Hall–Kier alpha value is -0.610. The van der Waals surface area contributed by atoms with Crippen LogP contribution in [-0.2, 0) is 11.4 Å². The predicted molar refractivity (Wildman–Crippen MR) is 54.5 cm³/mol. The van der Waals surface area contributed by atoms with Crippen LogP contribution in [0.1, 0.15) is 25.2 Å². The Morgan fingerprint density at radius 3 is 2.31 bits per heavy atom. The lowest BCUT2D eigenvalue weighted by Gasteiger charge is -2.14. The molecule has 0 aromatic carbocycles. The maximum absolute atomic E-state index is 9.58. The average Bonchev–Trinajstić information content (AvgIpc) is 2.04. The van der Waals surface area contributed by atoms with Crippen molar-refractivity contribution >= 4 is 11.8 Å². The summed E-state index contributed by atoms with van der Waals surface area (Å²) in [7, 11) is 0. The molecular weight excluding hydrogens is 184 g/mol. The zero-order valence-electron chi connectivity index (χ0n) is 8.11. The van der Waals surface area contributed by atoms with Crippen molar-refractivity contribution in [2.75, 3.05) is 6.26 Å². The normalized spacial score (nSPS) is 11.7. The Labute approximate surface area is 82.6 Å². The van der Waals surface area contributed by atoms with Crippen molar-refractivity contribution in [3.8, 4) is 0 Å². The summed E-state index contributed by atoms with van der Waals surface area (Å²) < 4.78 is 0. The van der Waals surface area contributed by atoms with Gasteiger partial charge in [-0.25, -0.2) is 9.97 Å². The molecule has 1 rings (SSSR count). The van der Waals surface area contributed by atoms with E-state index in [0.29, 0.717) is 5.82 Å². The summed E-state index contributed by atoms with van der Waals surface area (Å²) in [5, 5.41) is 9.58. The third-order valence-electron chi connectivity index (χ3n) is 1.56. The molecule has 0 bridgehead atoms. The fraction of sp³-hybridized carbons (Fsp3) is 0.556. The van der Waals surface area contributed by atoms with Gasteiger partial charge >= 0.3 is 0 Å². The highest BCUT2D eigenvalue weighted by Gasteiger charge is 2.18. The second-order valence-corrected chi connectivity index (χ2v) is 4.27. The van der Waals surface area contributed by atoms with E-state index in [0.717, 1.165) is 11.3 Å². The highest BCUT2D eigenvalue weighted by molar-refractivity contribution is 7.97. The first-order chi connectivity index (χ1) is 6.04. The molecule has 0 spiro atoms. The molecule has 1 aromatic rings. The highest BCUT2D eigenvalue weighted by Crippen LogP contribution is 2.15. The second kappa shape index (κ2) is 4.07. The Balaban J connectivity index is 2.81. The number of nitrogens with zero attached hydrogens (tertiary/aromatic N) is 2. The summed E-state index contributed by atoms with van der Waals surface area (Å²) in [5.41, 5.74) is 0.137. The molecular formula is C9H14N2OS. The van der Waals surface area contributed by atoms with E-state index >= 15 is 0 Å². The van der Waals surface area contributed by atoms with Gasteiger partial charge in [-0.1, -0.05) is 0 Å². The van der Waals surface area contributed by atoms with Crippen molar-refractivity contribution in [2.45, 2.75) is 25.2 Å². The first-order valence-electron chi connectivity index (χ1n) is 4.07. The van der Waals surface area contributed by atoms with Gasteiger partial charge in [-0.15, -0.1) is 0 Å². The summed E-state index contributed by atoms with van der Waals surface area (Å²) in [6.45, 7) is 3.35. The van der Waals surface area contributed by atoms with Crippen molar-refractivity contribution < 1.29 is 5.11 Å². The van der Waals surface area contributed by atoms with E-state index in [2.05, 4.69) is 9.97 Å². The van der Waals surface area contributed by atoms with Crippen LogP contribution in [0.5, 0.6) is 0 Å². The maximum Gasteiger partial charge on any atom is 0.159 e. The quantitative estimate of drug-likeness (QED) is 0.800. The van der Waals surface area contributed by atoms with Gasteiger partial charge in [0.1, 0.15) is 5.60 Å². The van der Waals surface area contributed by atoms with E-state index < -0.39 is 5.60 Å². The van der Waals surface area contributed by atoms with Gasteiger partial charge in [-0.3, -0.25) is 0 Å². The van der Waals surface area contributed by atoms with Gasteiger partial charge < -0.3 is 5.11 Å². The van der Waals surface area contributed by atoms with Gasteiger partial charge in [0.05, 0.1) is 0 Å². The highest BCUT2D eigenvalue weighted by atomic mass is 32.2. The summed E-state index contributed by atoms with van der Waals surface area (Å²) in [4.78, 5) is 8.19. The van der Waals surface area contributed by atoms with Crippen LogP contribution in [0, 0.1) is 0 Å². The molecule has 72 valence electrons. The molecule has 13 heavy (non-hydrogen) atoms. The van der Waals surface area contributed by atoms with Crippen LogP contribution in [0.15, 0.2) is 12.4 Å². The van der Waals surface area contributed by atoms with Crippen molar-refractivity contribution in [3.05, 3.63) is 23.8 Å². The van der Waals surface area contributed by atoms with Gasteiger partial charge in [0.25, 0.3) is 0 Å². The first-order valence-corrected chi connectivity index (χ1v) is 5.46. The number of hydrogen-bond donors (Lipinski definition) is 1. The number of aromatic nitrogens is 2. The topological polar surface area (TPSA) is 46.0 Å². The lowest BCUT2D eigenvalue weighted by Crippen LogP contribution is -2.19. The number of aliphatic hydroxyl groups is 1. The second-order valence-electron chi connectivity index (χ2n) is 3.41. The zero-order chi connectivity index (χ0) is 9.90. The van der Waals surface area contributed by atoms with Gasteiger partial charge in [-0.2, -0.15) is 11.8 Å². The minimum atomic E-state index is -0.947. The van der Waals surface area contributed by atoms with Crippen molar-refractivity contribution in [1.82, 2.24) is 9.97 Å². The fourth-order valence-corrected chi connectivity index (χ4v) is 1.39. The molecule has 4 heteroatoms. The Kier molecular flexibility index (Phi) is 3.27. The molecule has 3 nitrogen and oxygen atoms in total. The summed E-state index contributed by atoms with van der Waals surface area (Å²) >= 11 is 1.73. The summed E-state index contributed by atoms with van der Waals surface area (Å²) in [6.07, 6.45) is 5.55. The third-order valence-corrected chi connectivity index (χ3v) is 2.19. The summed E-state index contributed by atoms with van der Waals surface area (Å²) in [5.74, 6) is 1.38. The minimum absolute atomic E-state index is 0.470. The Morgan fingerprint density at radius 1 is 1.38 bits per heavy atom. The number of thioether (sulfide) groups is 1. The van der Waals surface area contributed by atoms with Crippen LogP contribution in [0.2, 0.25) is 0 Å². The van der Waals surface area contributed by atoms with Gasteiger partial charge in [-0.05, 0) is 25.7 Å². The van der Waals surface area contributed by atoms with Crippen LogP contribution in [0.4, 0.5) is 0 Å². The Bertz CT molecular complexity index is 266. The first kappa shape index (κ1) is 10.5. The minimum Gasteiger partial charge on any atom is -0.382 e.